The standard InChI is InChI=1S/C16H30N2O2/c1-6-20-16(19)15(17-7-8-18(4)5)14-10-12(2)9-13(3)11-14/h9,12,14-15,17H,6-8,10-11H2,1-5H3. The van der Waals surface area contributed by atoms with Gasteiger partial charge in [0.05, 0.1) is 6.61 Å². The van der Waals surface area contributed by atoms with E-state index >= 15 is 0 Å². The van der Waals surface area contributed by atoms with Crippen LogP contribution in [0.1, 0.15) is 33.6 Å². The topological polar surface area (TPSA) is 41.6 Å². The molecule has 0 aromatic rings. The molecule has 0 saturated carbocycles. The number of nitrogens with zero attached hydrogens (tertiary/aromatic N) is 1. The predicted molar refractivity (Wildman–Crippen MR) is 82.6 cm³/mol. The second kappa shape index (κ2) is 8.42. The molecule has 0 saturated heterocycles. The van der Waals surface area contributed by atoms with Gasteiger partial charge in [-0.05, 0) is 52.6 Å². The minimum absolute atomic E-state index is 0.0989. The zero-order valence-corrected chi connectivity index (χ0v) is 13.6. The average Bonchev–Trinajstić information content (AvgIpc) is 2.33. The summed E-state index contributed by atoms with van der Waals surface area (Å²) in [6, 6.07) is -0.180. The molecule has 0 bridgehead atoms. The van der Waals surface area contributed by atoms with Gasteiger partial charge in [-0.3, -0.25) is 4.79 Å². The summed E-state index contributed by atoms with van der Waals surface area (Å²) in [6.07, 6.45) is 4.36. The van der Waals surface area contributed by atoms with E-state index in [0.717, 1.165) is 25.9 Å². The van der Waals surface area contributed by atoms with Crippen molar-refractivity contribution >= 4 is 5.97 Å². The Morgan fingerprint density at radius 3 is 2.80 bits per heavy atom. The van der Waals surface area contributed by atoms with Gasteiger partial charge in [0.15, 0.2) is 0 Å². The molecular formula is C16H30N2O2. The van der Waals surface area contributed by atoms with Gasteiger partial charge in [-0.1, -0.05) is 18.6 Å². The first-order valence-electron chi connectivity index (χ1n) is 7.66. The highest BCUT2D eigenvalue weighted by molar-refractivity contribution is 5.76. The number of rotatable bonds is 7. The molecule has 0 radical (unpaired) electrons. The number of nitrogens with one attached hydrogen (secondary N) is 1. The molecule has 4 heteroatoms. The molecule has 3 unspecified atom stereocenters. The van der Waals surface area contributed by atoms with Crippen molar-refractivity contribution in [1.29, 1.82) is 0 Å². The molecule has 0 aromatic carbocycles. The fourth-order valence-corrected chi connectivity index (χ4v) is 2.97. The van der Waals surface area contributed by atoms with E-state index in [2.05, 4.69) is 30.1 Å². The van der Waals surface area contributed by atoms with Crippen molar-refractivity contribution in [2.24, 2.45) is 11.8 Å². The van der Waals surface area contributed by atoms with Gasteiger partial charge in [-0.25, -0.2) is 0 Å². The Labute approximate surface area is 123 Å². The van der Waals surface area contributed by atoms with Gasteiger partial charge in [0.2, 0.25) is 0 Å². The molecule has 116 valence electrons. The summed E-state index contributed by atoms with van der Waals surface area (Å²) in [4.78, 5) is 14.3. The van der Waals surface area contributed by atoms with Crippen molar-refractivity contribution < 1.29 is 9.53 Å². The molecule has 0 spiro atoms. The maximum Gasteiger partial charge on any atom is 0.323 e. The quantitative estimate of drug-likeness (QED) is 0.573. The third-order valence-electron chi connectivity index (χ3n) is 3.76. The third kappa shape index (κ3) is 5.63. The van der Waals surface area contributed by atoms with Crippen molar-refractivity contribution in [3.63, 3.8) is 0 Å². The fourth-order valence-electron chi connectivity index (χ4n) is 2.97. The zero-order valence-electron chi connectivity index (χ0n) is 13.6. The Morgan fingerprint density at radius 1 is 1.55 bits per heavy atom. The summed E-state index contributed by atoms with van der Waals surface area (Å²) < 4.78 is 5.25. The van der Waals surface area contributed by atoms with Crippen LogP contribution in [0, 0.1) is 11.8 Å². The van der Waals surface area contributed by atoms with Crippen molar-refractivity contribution in [2.75, 3.05) is 33.8 Å². The van der Waals surface area contributed by atoms with Crippen LogP contribution in [0.15, 0.2) is 11.6 Å². The van der Waals surface area contributed by atoms with E-state index in [1.807, 2.05) is 21.0 Å². The number of esters is 1. The summed E-state index contributed by atoms with van der Waals surface area (Å²) in [7, 11) is 4.08. The second-order valence-corrected chi connectivity index (χ2v) is 6.18. The molecule has 1 N–H and O–H groups in total. The van der Waals surface area contributed by atoms with Gasteiger partial charge in [0.25, 0.3) is 0 Å². The number of carbonyl (C=O) groups is 1. The van der Waals surface area contributed by atoms with Crippen LogP contribution in [-0.2, 0) is 9.53 Å². The van der Waals surface area contributed by atoms with Gasteiger partial charge in [0, 0.05) is 13.1 Å². The van der Waals surface area contributed by atoms with Crippen molar-refractivity contribution in [2.45, 2.75) is 39.7 Å². The van der Waals surface area contributed by atoms with E-state index in [1.54, 1.807) is 0 Å². The van der Waals surface area contributed by atoms with E-state index in [9.17, 15) is 4.79 Å². The molecular weight excluding hydrogens is 252 g/mol. The fraction of sp³-hybridized carbons (Fsp3) is 0.812. The molecule has 1 aliphatic rings. The van der Waals surface area contributed by atoms with Crippen LogP contribution in [0.25, 0.3) is 0 Å². The highest BCUT2D eigenvalue weighted by Gasteiger charge is 2.32. The van der Waals surface area contributed by atoms with Crippen LogP contribution >= 0.6 is 0 Å². The summed E-state index contributed by atoms with van der Waals surface area (Å²) in [5.74, 6) is 0.788. The van der Waals surface area contributed by atoms with Crippen LogP contribution in [0.5, 0.6) is 0 Å². The van der Waals surface area contributed by atoms with Gasteiger partial charge >= 0.3 is 5.97 Å². The van der Waals surface area contributed by atoms with Crippen molar-refractivity contribution in [3.8, 4) is 0 Å². The summed E-state index contributed by atoms with van der Waals surface area (Å²) in [5.41, 5.74) is 1.39. The molecule has 1 aliphatic carbocycles. The summed E-state index contributed by atoms with van der Waals surface area (Å²) >= 11 is 0. The molecule has 3 atom stereocenters. The number of carbonyl (C=O) groups excluding carboxylic acids is 1. The van der Waals surface area contributed by atoms with Crippen LogP contribution in [0.3, 0.4) is 0 Å². The van der Waals surface area contributed by atoms with Gasteiger partial charge in [0.1, 0.15) is 6.04 Å². The number of hydrogen-bond acceptors (Lipinski definition) is 4. The predicted octanol–water partition coefficient (Wildman–Crippen LogP) is 2.06. The van der Waals surface area contributed by atoms with Crippen molar-refractivity contribution in [3.05, 3.63) is 11.6 Å². The molecule has 0 amide bonds. The Bertz CT molecular complexity index is 339. The molecule has 0 fully saturated rings. The Hall–Kier alpha value is -0.870. The third-order valence-corrected chi connectivity index (χ3v) is 3.76. The molecule has 0 heterocycles. The highest BCUT2D eigenvalue weighted by Crippen LogP contribution is 2.30. The largest absolute Gasteiger partial charge is 0.465 e. The van der Waals surface area contributed by atoms with Gasteiger partial charge < -0.3 is 15.0 Å². The van der Waals surface area contributed by atoms with E-state index in [0.29, 0.717) is 18.4 Å². The molecule has 0 aliphatic heterocycles. The van der Waals surface area contributed by atoms with E-state index in [1.165, 1.54) is 5.57 Å². The average molecular weight is 282 g/mol. The monoisotopic (exact) mass is 282 g/mol. The minimum Gasteiger partial charge on any atom is -0.465 e. The lowest BCUT2D eigenvalue weighted by molar-refractivity contribution is -0.147. The first-order chi connectivity index (χ1) is 9.43. The lowest BCUT2D eigenvalue weighted by Gasteiger charge is -2.32. The van der Waals surface area contributed by atoms with E-state index < -0.39 is 0 Å². The SMILES string of the molecule is CCOC(=O)C(NCCN(C)C)C1CC(C)=CC(C)C1. The Balaban J connectivity index is 2.66. The van der Waals surface area contributed by atoms with Crippen molar-refractivity contribution in [1.82, 2.24) is 10.2 Å². The van der Waals surface area contributed by atoms with Gasteiger partial charge in [-0.15, -0.1) is 0 Å². The minimum atomic E-state index is -0.180. The smallest absolute Gasteiger partial charge is 0.323 e. The molecule has 1 rings (SSSR count). The summed E-state index contributed by atoms with van der Waals surface area (Å²) in [6.45, 7) is 8.42. The summed E-state index contributed by atoms with van der Waals surface area (Å²) in [5, 5.41) is 3.40. The first kappa shape index (κ1) is 17.2. The molecule has 0 aromatic heterocycles. The normalized spacial score (nSPS) is 24.4. The van der Waals surface area contributed by atoms with Crippen LogP contribution < -0.4 is 5.32 Å². The Kier molecular flexibility index (Phi) is 7.24. The lowest BCUT2D eigenvalue weighted by Crippen LogP contribution is -2.47. The number of likely N-dealkylation sites (N-methyl/N-ethyl adjacent to an activating group) is 1. The lowest BCUT2D eigenvalue weighted by atomic mass is 9.79. The molecule has 20 heavy (non-hydrogen) atoms. The van der Waals surface area contributed by atoms with E-state index in [-0.39, 0.29) is 12.0 Å². The maximum atomic E-state index is 12.2. The van der Waals surface area contributed by atoms with E-state index in [4.69, 9.17) is 4.74 Å². The van der Waals surface area contributed by atoms with Gasteiger partial charge in [-0.2, -0.15) is 0 Å². The number of allylic oxidation sites excluding steroid dienone is 2. The first-order valence-corrected chi connectivity index (χ1v) is 7.66. The van der Waals surface area contributed by atoms with Crippen LogP contribution in [0.2, 0.25) is 0 Å². The maximum absolute atomic E-state index is 12.2. The van der Waals surface area contributed by atoms with Crippen LogP contribution in [0.4, 0.5) is 0 Å². The number of ether oxygens (including phenoxy) is 1. The molecule has 4 nitrogen and oxygen atoms in total. The number of hydrogen-bond donors (Lipinski definition) is 1. The highest BCUT2D eigenvalue weighted by atomic mass is 16.5. The Morgan fingerprint density at radius 2 is 2.25 bits per heavy atom. The van der Waals surface area contributed by atoms with Crippen LogP contribution in [-0.4, -0.2) is 50.7 Å². The second-order valence-electron chi connectivity index (χ2n) is 6.18. The zero-order chi connectivity index (χ0) is 15.1.